The fourth-order valence-corrected chi connectivity index (χ4v) is 13.8. The van der Waals surface area contributed by atoms with E-state index >= 15 is 0 Å². The molecule has 0 spiro atoms. The average molecular weight is 1160 g/mol. The number of phosphoric acid groups is 2. The number of imidazole rings is 1. The third-order valence-electron chi connectivity index (χ3n) is 12.7. The van der Waals surface area contributed by atoms with E-state index in [0.717, 1.165) is 45.6 Å². The molecule has 76 heavy (non-hydrogen) atoms. The lowest BCUT2D eigenvalue weighted by atomic mass is 9.81. The molecule has 5 heterocycles. The molecule has 1 fully saturated rings. The Labute approximate surface area is 438 Å². The van der Waals surface area contributed by atoms with Crippen LogP contribution in [0.4, 0.5) is 17.3 Å². The summed E-state index contributed by atoms with van der Waals surface area (Å²) < 4.78 is 98.2. The quantitative estimate of drug-likeness (QED) is 0.00915. The van der Waals surface area contributed by atoms with Crippen molar-refractivity contribution in [1.29, 1.82) is 0 Å². The Bertz CT molecular complexity index is 3300. The maximum atomic E-state index is 12.8. The predicted octanol–water partition coefficient (Wildman–Crippen LogP) is 2.36. The second-order valence-corrected chi connectivity index (χ2v) is 25.4. The molecule has 4 aromatic rings. The highest BCUT2D eigenvalue weighted by Crippen LogP contribution is 2.66. The lowest BCUT2D eigenvalue weighted by Gasteiger charge is -2.25. The number of fused-ring (bicyclic) bond motifs is 3. The summed E-state index contributed by atoms with van der Waals surface area (Å²) in [4.78, 5) is 68.0. The number of carbonyl (C=O) groups excluding carboxylic acids is 1. The summed E-state index contributed by atoms with van der Waals surface area (Å²) in [6.45, 7) is 9.19. The number of rotatable bonds is 24. The van der Waals surface area contributed by atoms with Crippen molar-refractivity contribution in [3.63, 3.8) is 0 Å². The van der Waals surface area contributed by atoms with E-state index in [1.54, 1.807) is 6.07 Å². The number of carbonyl (C=O) groups is 1. The number of nitrogens with two attached hydrogens (primary N) is 1. The highest BCUT2D eigenvalue weighted by Gasteiger charge is 2.48. The molecule has 0 aliphatic carbocycles. The number of hydrogen-bond donors (Lipinski definition) is 10. The molecule has 0 radical (unpaired) electrons. The number of hydrogen-bond acceptors (Lipinski definition) is 21. The van der Waals surface area contributed by atoms with Crippen LogP contribution in [0.15, 0.2) is 81.2 Å². The van der Waals surface area contributed by atoms with Crippen LogP contribution in [0.1, 0.15) is 71.2 Å². The van der Waals surface area contributed by atoms with Crippen LogP contribution < -0.4 is 31.9 Å². The largest absolute Gasteiger partial charge is 0.691 e. The van der Waals surface area contributed by atoms with E-state index in [4.69, 9.17) is 10.5 Å². The monoisotopic (exact) mass is 1160 g/mol. The number of allylic oxidation sites excluding steroid dienone is 4. The molecule has 0 bridgehead atoms. The van der Waals surface area contributed by atoms with Crippen molar-refractivity contribution in [2.45, 2.75) is 99.0 Å². The van der Waals surface area contributed by atoms with Gasteiger partial charge in [-0.15, -0.1) is 0 Å². The van der Waals surface area contributed by atoms with Gasteiger partial charge in [-0.05, 0) is 69.2 Å². The van der Waals surface area contributed by atoms with Gasteiger partial charge in [0.05, 0.1) is 35.3 Å². The number of nitrogen functional groups attached to an aromatic ring is 1. The number of nitrogens with zero attached hydrogens (tertiary/aromatic N) is 5. The first-order chi connectivity index (χ1) is 35.5. The first kappa shape index (κ1) is 59.1. The van der Waals surface area contributed by atoms with E-state index in [0.29, 0.717) is 42.1 Å². The maximum Gasteiger partial charge on any atom is 0.489 e. The number of ether oxygens (including phenoxy) is 1. The molecule has 2 aromatic heterocycles. The van der Waals surface area contributed by atoms with Gasteiger partial charge in [0.15, 0.2) is 23.1 Å². The van der Waals surface area contributed by atoms with Gasteiger partial charge in [0, 0.05) is 71.9 Å². The SMILES string of the molecule is CCN1/C(=C/C=C/C2=[N+](CCCCC(=O)NCCNP(=O)(O)OP(=O)(O)OP(=O)(O)OCC3OC(n4cnc5c(=O)[nH]c(N)nc54)C(O)C3O)c3ccc(S(=O)(=O)O)cc3C2(C)C)C(C)(C)c2cc(SOO[O-])ccc21. The fourth-order valence-electron chi connectivity index (χ4n) is 9.16. The smallest absolute Gasteiger partial charge is 0.489 e. The molecule has 2 aromatic carbocycles. The van der Waals surface area contributed by atoms with Gasteiger partial charge in [-0.1, -0.05) is 19.9 Å². The number of unbranched alkanes of at least 4 members (excludes halogenated alkanes) is 1. The standard InChI is InChI=1S/C42H56N9O20P3S2/c1-6-49-28-15-13-24(75-69-68-56)20-26(28)41(2,3)31(49)10-9-11-32-42(4,5)27-21-25(76(63,64)65)14-16-29(27)50(32)19-8-7-12-33(52)44-17-18-46-72(57,58)70-74(61,62)71-73(59,60)66-22-30-35(53)36(54)39(67-30)51-23-45-34-37(51)47-40(43)48-38(34)55/h9-11,13-16,20-21,23,30,35-36,39,53-54H,6-8,12,17-19,22H2,1-5H3,(H9-,43,44,46,47,48,52,55,56,57,58,59,60,61,62,63,64,65). The molecule has 34 heteroatoms. The van der Waals surface area contributed by atoms with Gasteiger partial charge in [-0.2, -0.15) is 30.9 Å². The number of anilines is 2. The molecule has 29 nitrogen and oxygen atoms in total. The Morgan fingerprint density at radius 2 is 1.76 bits per heavy atom. The van der Waals surface area contributed by atoms with Gasteiger partial charge in [0.25, 0.3) is 15.7 Å². The van der Waals surface area contributed by atoms with Crippen LogP contribution in [0.25, 0.3) is 11.2 Å². The predicted molar refractivity (Wildman–Crippen MR) is 268 cm³/mol. The third kappa shape index (κ3) is 13.1. The highest BCUT2D eigenvalue weighted by atomic mass is 32.2. The van der Waals surface area contributed by atoms with Gasteiger partial charge < -0.3 is 50.8 Å². The zero-order valence-electron chi connectivity index (χ0n) is 41.1. The van der Waals surface area contributed by atoms with Gasteiger partial charge in [0.1, 0.15) is 24.9 Å². The third-order valence-corrected chi connectivity index (χ3v) is 18.6. The summed E-state index contributed by atoms with van der Waals surface area (Å²) in [5, 5.41) is 39.6. The van der Waals surface area contributed by atoms with Crippen LogP contribution in [0, 0.1) is 0 Å². The van der Waals surface area contributed by atoms with Crippen molar-refractivity contribution >= 4 is 85.7 Å². The lowest BCUT2D eigenvalue weighted by molar-refractivity contribution is -0.777. The molecule has 0 saturated carbocycles. The second-order valence-electron chi connectivity index (χ2n) is 18.4. The maximum absolute atomic E-state index is 12.8. The summed E-state index contributed by atoms with van der Waals surface area (Å²) in [6.07, 6.45) is 1.06. The number of nitrogens with one attached hydrogen (secondary N) is 3. The molecule has 7 atom stereocenters. The molecule has 7 rings (SSSR count). The van der Waals surface area contributed by atoms with Gasteiger partial charge in [-0.3, -0.25) is 33.3 Å². The van der Waals surface area contributed by atoms with Crippen molar-refractivity contribution in [2.75, 3.05) is 43.4 Å². The minimum Gasteiger partial charge on any atom is -0.691 e. The summed E-state index contributed by atoms with van der Waals surface area (Å²) in [7, 11) is -21.3. The van der Waals surface area contributed by atoms with Gasteiger partial charge in [-0.25, -0.2) is 23.8 Å². The van der Waals surface area contributed by atoms with Crippen LogP contribution >= 0.6 is 35.4 Å². The van der Waals surface area contributed by atoms with Crippen LogP contribution in [-0.2, 0) is 66.7 Å². The molecular formula is C42H56N9O20P3S2. The normalized spacial score (nSPS) is 23.0. The molecule has 7 unspecified atom stereocenters. The van der Waals surface area contributed by atoms with E-state index in [2.05, 4.69) is 61.5 Å². The summed E-state index contributed by atoms with van der Waals surface area (Å²) >= 11 is 0.800. The number of H-pyrrole nitrogens is 1. The Balaban J connectivity index is 0.907. The topological polar surface area (TPSA) is 422 Å². The Kier molecular flexibility index (Phi) is 17.9. The highest BCUT2D eigenvalue weighted by molar-refractivity contribution is 7.94. The summed E-state index contributed by atoms with van der Waals surface area (Å²) in [6, 6.07) is 10.1. The van der Waals surface area contributed by atoms with Crippen molar-refractivity contribution in [2.24, 2.45) is 0 Å². The van der Waals surface area contributed by atoms with Crippen molar-refractivity contribution in [1.82, 2.24) is 29.9 Å². The van der Waals surface area contributed by atoms with E-state index in [1.807, 2.05) is 66.9 Å². The summed E-state index contributed by atoms with van der Waals surface area (Å²) in [5.41, 5.74) is 8.41. The Morgan fingerprint density at radius 3 is 2.46 bits per heavy atom. The number of amides is 1. The zero-order chi connectivity index (χ0) is 55.8. The molecule has 1 saturated heterocycles. The minimum atomic E-state index is -5.87. The number of phosphoric ester groups is 1. The van der Waals surface area contributed by atoms with Crippen molar-refractivity contribution in [3.05, 3.63) is 88.1 Å². The Morgan fingerprint density at radius 1 is 1.03 bits per heavy atom. The zero-order valence-corrected chi connectivity index (χ0v) is 45.4. The van der Waals surface area contributed by atoms with E-state index in [-0.39, 0.29) is 35.0 Å². The van der Waals surface area contributed by atoms with Crippen LogP contribution in [0.5, 0.6) is 0 Å². The van der Waals surface area contributed by atoms with Gasteiger partial charge >= 0.3 is 23.4 Å². The van der Waals surface area contributed by atoms with Gasteiger partial charge in [0.2, 0.25) is 17.5 Å². The first-order valence-corrected chi connectivity index (χ1v) is 29.8. The van der Waals surface area contributed by atoms with Crippen LogP contribution in [0.2, 0.25) is 0 Å². The van der Waals surface area contributed by atoms with Crippen molar-refractivity contribution < 1.29 is 93.4 Å². The number of aliphatic hydroxyl groups excluding tert-OH is 2. The molecular weight excluding hydrogens is 1110 g/mol. The Hall–Kier alpha value is -4.56. The minimum absolute atomic E-state index is 0.00295. The number of likely N-dealkylation sites (N-methyl/N-ethyl adjacent to an activating group) is 1. The molecule has 3 aliphatic rings. The van der Waals surface area contributed by atoms with Crippen molar-refractivity contribution in [3.8, 4) is 0 Å². The first-order valence-electron chi connectivity index (χ1n) is 23.0. The number of benzene rings is 2. The molecule has 11 N–H and O–H groups in total. The molecule has 1 amide bonds. The van der Waals surface area contributed by atoms with E-state index in [1.165, 1.54) is 12.1 Å². The number of aliphatic hydroxyl groups is 2. The van der Waals surface area contributed by atoms with E-state index < -0.39 is 93.5 Å². The summed E-state index contributed by atoms with van der Waals surface area (Å²) in [5.74, 6) is -0.771. The molecule has 3 aliphatic heterocycles. The van der Waals surface area contributed by atoms with Crippen LogP contribution in [0.3, 0.4) is 0 Å². The lowest BCUT2D eigenvalue weighted by Crippen LogP contribution is -2.33. The molecule has 416 valence electrons. The van der Waals surface area contributed by atoms with Crippen LogP contribution in [-0.4, -0.2) is 125 Å². The number of aromatic amines is 1. The van der Waals surface area contributed by atoms with E-state index in [9.17, 15) is 66.4 Å². The average Bonchev–Trinajstić information content (AvgIpc) is 4.02. The second kappa shape index (κ2) is 23.0. The number of aromatic nitrogens is 4. The fraction of sp³-hybridized carbons (Fsp3) is 0.452.